The third-order valence-electron chi connectivity index (χ3n) is 4.18. The summed E-state index contributed by atoms with van der Waals surface area (Å²) in [5.74, 6) is 0.602. The van der Waals surface area contributed by atoms with Gasteiger partial charge in [0.25, 0.3) is 5.91 Å². The van der Waals surface area contributed by atoms with Crippen molar-refractivity contribution in [1.82, 2.24) is 10.6 Å². The largest absolute Gasteiger partial charge is 0.355 e. The Morgan fingerprint density at radius 1 is 1.20 bits per heavy atom. The highest BCUT2D eigenvalue weighted by Crippen LogP contribution is 2.31. The number of amides is 1. The SMILES string of the molecule is CNC(=O)c1ccc2c(C3CCNCC3)cccc2c1. The summed E-state index contributed by atoms with van der Waals surface area (Å²) in [7, 11) is 1.66. The van der Waals surface area contributed by atoms with Crippen molar-refractivity contribution in [1.29, 1.82) is 0 Å². The van der Waals surface area contributed by atoms with Crippen molar-refractivity contribution in [3.8, 4) is 0 Å². The molecule has 3 nitrogen and oxygen atoms in total. The molecule has 1 saturated heterocycles. The van der Waals surface area contributed by atoms with Gasteiger partial charge in [0.05, 0.1) is 0 Å². The molecule has 1 heterocycles. The summed E-state index contributed by atoms with van der Waals surface area (Å²) in [6.45, 7) is 2.19. The van der Waals surface area contributed by atoms with Crippen LogP contribution in [0.5, 0.6) is 0 Å². The Balaban J connectivity index is 2.03. The number of carbonyl (C=O) groups is 1. The van der Waals surface area contributed by atoms with Crippen LogP contribution in [0.15, 0.2) is 36.4 Å². The summed E-state index contributed by atoms with van der Waals surface area (Å²) in [6, 6.07) is 12.4. The van der Waals surface area contributed by atoms with Gasteiger partial charge in [0.1, 0.15) is 0 Å². The summed E-state index contributed by atoms with van der Waals surface area (Å²) in [5.41, 5.74) is 2.15. The van der Waals surface area contributed by atoms with Crippen molar-refractivity contribution >= 4 is 16.7 Å². The van der Waals surface area contributed by atoms with Crippen molar-refractivity contribution < 1.29 is 4.79 Å². The van der Waals surface area contributed by atoms with Crippen molar-refractivity contribution in [2.24, 2.45) is 0 Å². The van der Waals surface area contributed by atoms with E-state index in [9.17, 15) is 4.79 Å². The molecule has 0 atom stereocenters. The Kier molecular flexibility index (Phi) is 3.70. The van der Waals surface area contributed by atoms with E-state index < -0.39 is 0 Å². The monoisotopic (exact) mass is 268 g/mol. The molecule has 1 aliphatic heterocycles. The van der Waals surface area contributed by atoms with Gasteiger partial charge >= 0.3 is 0 Å². The first kappa shape index (κ1) is 13.1. The van der Waals surface area contributed by atoms with Gasteiger partial charge in [-0.1, -0.05) is 24.3 Å². The molecule has 1 fully saturated rings. The van der Waals surface area contributed by atoms with E-state index in [1.165, 1.54) is 23.8 Å². The van der Waals surface area contributed by atoms with Crippen LogP contribution in [0.2, 0.25) is 0 Å². The summed E-state index contributed by atoms with van der Waals surface area (Å²) in [6.07, 6.45) is 2.38. The number of fused-ring (bicyclic) bond motifs is 1. The van der Waals surface area contributed by atoms with Crippen molar-refractivity contribution in [3.63, 3.8) is 0 Å². The maximum atomic E-state index is 11.7. The molecule has 0 aliphatic carbocycles. The van der Waals surface area contributed by atoms with E-state index in [4.69, 9.17) is 0 Å². The molecule has 1 amide bonds. The van der Waals surface area contributed by atoms with E-state index in [2.05, 4.69) is 34.9 Å². The van der Waals surface area contributed by atoms with Crippen LogP contribution in [0.3, 0.4) is 0 Å². The number of rotatable bonds is 2. The fourth-order valence-electron chi connectivity index (χ4n) is 3.08. The van der Waals surface area contributed by atoms with Crippen LogP contribution >= 0.6 is 0 Å². The molecule has 1 aliphatic rings. The van der Waals surface area contributed by atoms with Gasteiger partial charge in [-0.3, -0.25) is 4.79 Å². The Morgan fingerprint density at radius 3 is 2.75 bits per heavy atom. The summed E-state index contributed by atoms with van der Waals surface area (Å²) < 4.78 is 0. The lowest BCUT2D eigenvalue weighted by molar-refractivity contribution is 0.0963. The normalized spacial score (nSPS) is 16.2. The van der Waals surface area contributed by atoms with E-state index >= 15 is 0 Å². The van der Waals surface area contributed by atoms with E-state index in [0.29, 0.717) is 5.92 Å². The first-order valence-corrected chi connectivity index (χ1v) is 7.25. The average molecular weight is 268 g/mol. The predicted molar refractivity (Wildman–Crippen MR) is 82.2 cm³/mol. The molecule has 104 valence electrons. The van der Waals surface area contributed by atoms with Crippen LogP contribution in [0.25, 0.3) is 10.8 Å². The quantitative estimate of drug-likeness (QED) is 0.879. The van der Waals surface area contributed by atoms with Crippen LogP contribution < -0.4 is 10.6 Å². The van der Waals surface area contributed by atoms with Gasteiger partial charge < -0.3 is 10.6 Å². The van der Waals surface area contributed by atoms with E-state index in [-0.39, 0.29) is 5.91 Å². The minimum Gasteiger partial charge on any atom is -0.355 e. The van der Waals surface area contributed by atoms with Crippen LogP contribution in [-0.2, 0) is 0 Å². The third kappa shape index (κ3) is 2.41. The minimum absolute atomic E-state index is 0.0285. The summed E-state index contributed by atoms with van der Waals surface area (Å²) >= 11 is 0. The van der Waals surface area contributed by atoms with Gasteiger partial charge in [0.15, 0.2) is 0 Å². The Bertz CT molecular complexity index is 630. The molecule has 2 aromatic carbocycles. The van der Waals surface area contributed by atoms with Gasteiger partial charge in [-0.15, -0.1) is 0 Å². The minimum atomic E-state index is -0.0285. The van der Waals surface area contributed by atoms with Crippen LogP contribution in [0.4, 0.5) is 0 Å². The van der Waals surface area contributed by atoms with Gasteiger partial charge in [-0.05, 0) is 60.3 Å². The highest BCUT2D eigenvalue weighted by atomic mass is 16.1. The highest BCUT2D eigenvalue weighted by Gasteiger charge is 2.17. The molecule has 20 heavy (non-hydrogen) atoms. The Labute approximate surface area is 119 Å². The molecule has 0 saturated carbocycles. The third-order valence-corrected chi connectivity index (χ3v) is 4.18. The lowest BCUT2D eigenvalue weighted by Gasteiger charge is -2.24. The maximum absolute atomic E-state index is 11.7. The zero-order valence-electron chi connectivity index (χ0n) is 11.8. The molecule has 3 rings (SSSR count). The molecule has 0 spiro atoms. The fourth-order valence-corrected chi connectivity index (χ4v) is 3.08. The lowest BCUT2D eigenvalue weighted by Crippen LogP contribution is -2.26. The van der Waals surface area contributed by atoms with Crippen molar-refractivity contribution in [2.45, 2.75) is 18.8 Å². The molecule has 2 N–H and O–H groups in total. The van der Waals surface area contributed by atoms with Crippen LogP contribution in [-0.4, -0.2) is 26.0 Å². The average Bonchev–Trinajstić information content (AvgIpc) is 2.53. The second kappa shape index (κ2) is 5.63. The second-order valence-electron chi connectivity index (χ2n) is 5.39. The van der Waals surface area contributed by atoms with E-state index in [0.717, 1.165) is 24.0 Å². The topological polar surface area (TPSA) is 41.1 Å². The van der Waals surface area contributed by atoms with Crippen molar-refractivity contribution in [3.05, 3.63) is 47.5 Å². The highest BCUT2D eigenvalue weighted by molar-refractivity contribution is 5.99. The molecule has 0 radical (unpaired) electrons. The zero-order valence-corrected chi connectivity index (χ0v) is 11.8. The lowest BCUT2D eigenvalue weighted by atomic mass is 9.86. The van der Waals surface area contributed by atoms with Gasteiger partial charge in [0.2, 0.25) is 0 Å². The smallest absolute Gasteiger partial charge is 0.251 e. The van der Waals surface area contributed by atoms with E-state index in [1.807, 2.05) is 12.1 Å². The number of nitrogens with one attached hydrogen (secondary N) is 2. The van der Waals surface area contributed by atoms with Gasteiger partial charge in [-0.2, -0.15) is 0 Å². The number of hydrogen-bond acceptors (Lipinski definition) is 2. The zero-order chi connectivity index (χ0) is 13.9. The first-order chi connectivity index (χ1) is 9.79. The maximum Gasteiger partial charge on any atom is 0.251 e. The number of carbonyl (C=O) groups excluding carboxylic acids is 1. The molecular formula is C17H20N2O. The van der Waals surface area contributed by atoms with Gasteiger partial charge in [-0.25, -0.2) is 0 Å². The van der Waals surface area contributed by atoms with Crippen LogP contribution in [0.1, 0.15) is 34.7 Å². The fraction of sp³-hybridized carbons (Fsp3) is 0.353. The van der Waals surface area contributed by atoms with Crippen molar-refractivity contribution in [2.75, 3.05) is 20.1 Å². The number of piperidine rings is 1. The number of hydrogen-bond donors (Lipinski definition) is 2. The Morgan fingerprint density at radius 2 is 2.00 bits per heavy atom. The molecule has 0 unspecified atom stereocenters. The summed E-state index contributed by atoms with van der Waals surface area (Å²) in [4.78, 5) is 11.7. The predicted octanol–water partition coefficient (Wildman–Crippen LogP) is 2.67. The van der Waals surface area contributed by atoms with Crippen LogP contribution in [0, 0.1) is 0 Å². The molecule has 2 aromatic rings. The van der Waals surface area contributed by atoms with E-state index in [1.54, 1.807) is 7.05 Å². The number of benzene rings is 2. The molecular weight excluding hydrogens is 248 g/mol. The van der Waals surface area contributed by atoms with Gasteiger partial charge in [0, 0.05) is 12.6 Å². The molecule has 0 aromatic heterocycles. The molecule has 0 bridgehead atoms. The Hall–Kier alpha value is -1.87. The summed E-state index contributed by atoms with van der Waals surface area (Å²) in [5, 5.41) is 8.53. The standard InChI is InChI=1S/C17H20N2O/c1-18-17(20)14-5-6-16-13(11-14)3-2-4-15(16)12-7-9-19-10-8-12/h2-6,11-12,19H,7-10H2,1H3,(H,18,20). The first-order valence-electron chi connectivity index (χ1n) is 7.25. The second-order valence-corrected chi connectivity index (χ2v) is 5.39. The molecule has 3 heteroatoms.